The smallest absolute Gasteiger partial charge is 0.233 e. The van der Waals surface area contributed by atoms with E-state index in [0.29, 0.717) is 5.88 Å². The molecular formula is C13H24ClNOS. The van der Waals surface area contributed by atoms with Crippen molar-refractivity contribution in [3.8, 4) is 0 Å². The molecule has 0 aromatic carbocycles. The lowest BCUT2D eigenvalue weighted by Gasteiger charge is -2.33. The summed E-state index contributed by atoms with van der Waals surface area (Å²) in [6.45, 7) is 6.45. The van der Waals surface area contributed by atoms with Crippen LogP contribution in [0.1, 0.15) is 46.5 Å². The number of carbonyl (C=O) groups is 1. The first kappa shape index (κ1) is 15.2. The van der Waals surface area contributed by atoms with Crippen molar-refractivity contribution in [1.29, 1.82) is 0 Å². The zero-order valence-corrected chi connectivity index (χ0v) is 12.7. The molecule has 0 radical (unpaired) electrons. The van der Waals surface area contributed by atoms with Crippen LogP contribution in [0.2, 0.25) is 0 Å². The molecule has 1 heterocycles. The number of amides is 1. The number of nitrogens with one attached hydrogen (secondary N) is 1. The summed E-state index contributed by atoms with van der Waals surface area (Å²) in [5, 5.41) is 3.34. The molecule has 1 saturated heterocycles. The van der Waals surface area contributed by atoms with Gasteiger partial charge in [-0.25, -0.2) is 0 Å². The van der Waals surface area contributed by atoms with Crippen molar-refractivity contribution in [2.75, 3.05) is 11.6 Å². The Morgan fingerprint density at radius 3 is 2.65 bits per heavy atom. The zero-order valence-electron chi connectivity index (χ0n) is 11.1. The van der Waals surface area contributed by atoms with E-state index in [0.717, 1.165) is 18.6 Å². The van der Waals surface area contributed by atoms with E-state index in [4.69, 9.17) is 11.6 Å². The highest BCUT2D eigenvalue weighted by Gasteiger charge is 2.29. The van der Waals surface area contributed by atoms with Crippen LogP contribution in [0.5, 0.6) is 0 Å². The SMILES string of the molecule is CC(C)(C)C(CCCl)NC(=O)C1CCCCS1. The molecule has 0 saturated carbocycles. The van der Waals surface area contributed by atoms with E-state index in [1.807, 2.05) is 0 Å². The van der Waals surface area contributed by atoms with Crippen LogP contribution in [-0.2, 0) is 4.79 Å². The van der Waals surface area contributed by atoms with Crippen molar-refractivity contribution in [3.63, 3.8) is 0 Å². The van der Waals surface area contributed by atoms with Crippen molar-refractivity contribution < 1.29 is 4.79 Å². The van der Waals surface area contributed by atoms with E-state index in [9.17, 15) is 4.79 Å². The molecule has 0 aromatic rings. The van der Waals surface area contributed by atoms with Gasteiger partial charge in [0.15, 0.2) is 0 Å². The van der Waals surface area contributed by atoms with Gasteiger partial charge in [0.2, 0.25) is 5.91 Å². The fourth-order valence-electron chi connectivity index (χ4n) is 2.04. The minimum Gasteiger partial charge on any atom is -0.352 e. The first-order valence-corrected chi connectivity index (χ1v) is 8.01. The first-order chi connectivity index (χ1) is 7.95. The molecule has 0 aliphatic carbocycles. The van der Waals surface area contributed by atoms with E-state index < -0.39 is 0 Å². The summed E-state index contributed by atoms with van der Waals surface area (Å²) in [4.78, 5) is 12.2. The van der Waals surface area contributed by atoms with Crippen LogP contribution >= 0.6 is 23.4 Å². The Bertz CT molecular complexity index is 246. The maximum absolute atomic E-state index is 12.2. The van der Waals surface area contributed by atoms with Gasteiger partial charge >= 0.3 is 0 Å². The van der Waals surface area contributed by atoms with Crippen LogP contribution in [0.25, 0.3) is 0 Å². The maximum Gasteiger partial charge on any atom is 0.233 e. The van der Waals surface area contributed by atoms with Crippen LogP contribution in [0.15, 0.2) is 0 Å². The number of hydrogen-bond donors (Lipinski definition) is 1. The predicted molar refractivity (Wildman–Crippen MR) is 76.8 cm³/mol. The summed E-state index contributed by atoms with van der Waals surface area (Å²) in [5.74, 6) is 1.92. The highest BCUT2D eigenvalue weighted by molar-refractivity contribution is 8.00. The van der Waals surface area contributed by atoms with Gasteiger partial charge in [0.25, 0.3) is 0 Å². The lowest BCUT2D eigenvalue weighted by molar-refractivity contribution is -0.122. The predicted octanol–water partition coefficient (Wildman–Crippen LogP) is 3.43. The van der Waals surface area contributed by atoms with E-state index >= 15 is 0 Å². The molecule has 4 heteroatoms. The van der Waals surface area contributed by atoms with Gasteiger partial charge in [-0.15, -0.1) is 23.4 Å². The second-order valence-electron chi connectivity index (χ2n) is 5.76. The van der Waals surface area contributed by atoms with Gasteiger partial charge < -0.3 is 5.32 Å². The van der Waals surface area contributed by atoms with Crippen LogP contribution in [0.3, 0.4) is 0 Å². The summed E-state index contributed by atoms with van der Waals surface area (Å²) < 4.78 is 0. The Kier molecular flexibility index (Phi) is 6.14. The highest BCUT2D eigenvalue weighted by Crippen LogP contribution is 2.27. The van der Waals surface area contributed by atoms with Crippen LogP contribution < -0.4 is 5.32 Å². The van der Waals surface area contributed by atoms with E-state index in [-0.39, 0.29) is 22.6 Å². The molecule has 1 N–H and O–H groups in total. The molecule has 2 unspecified atom stereocenters. The molecule has 0 spiro atoms. The molecule has 0 bridgehead atoms. The third-order valence-corrected chi connectivity index (χ3v) is 4.83. The topological polar surface area (TPSA) is 29.1 Å². The summed E-state index contributed by atoms with van der Waals surface area (Å²) in [6.07, 6.45) is 4.29. The number of carbonyl (C=O) groups excluding carboxylic acids is 1. The third kappa shape index (κ3) is 5.09. The van der Waals surface area contributed by atoms with Gasteiger partial charge in [-0.3, -0.25) is 4.79 Å². The molecule has 1 rings (SSSR count). The zero-order chi connectivity index (χ0) is 12.9. The van der Waals surface area contributed by atoms with Crippen LogP contribution in [0, 0.1) is 5.41 Å². The molecule has 100 valence electrons. The second kappa shape index (κ2) is 6.89. The molecular weight excluding hydrogens is 254 g/mol. The lowest BCUT2D eigenvalue weighted by Crippen LogP contribution is -2.47. The molecule has 2 atom stereocenters. The largest absolute Gasteiger partial charge is 0.352 e. The molecule has 1 aliphatic rings. The second-order valence-corrected chi connectivity index (χ2v) is 7.45. The molecule has 2 nitrogen and oxygen atoms in total. The fraction of sp³-hybridized carbons (Fsp3) is 0.923. The first-order valence-electron chi connectivity index (χ1n) is 6.43. The number of halogens is 1. The van der Waals surface area contributed by atoms with Gasteiger partial charge in [0.1, 0.15) is 0 Å². The van der Waals surface area contributed by atoms with E-state index in [1.165, 1.54) is 12.8 Å². The van der Waals surface area contributed by atoms with Crippen molar-refractivity contribution in [2.45, 2.75) is 57.7 Å². The Morgan fingerprint density at radius 2 is 2.18 bits per heavy atom. The lowest BCUT2D eigenvalue weighted by atomic mass is 9.85. The molecule has 1 fully saturated rings. The Labute approximate surface area is 114 Å². The average Bonchev–Trinajstić information content (AvgIpc) is 2.28. The monoisotopic (exact) mass is 277 g/mol. The Morgan fingerprint density at radius 1 is 1.47 bits per heavy atom. The van der Waals surface area contributed by atoms with Gasteiger partial charge in [0, 0.05) is 11.9 Å². The number of alkyl halides is 1. The average molecular weight is 278 g/mol. The number of hydrogen-bond acceptors (Lipinski definition) is 2. The molecule has 0 aromatic heterocycles. The Balaban J connectivity index is 2.51. The normalized spacial score (nSPS) is 23.2. The summed E-state index contributed by atoms with van der Waals surface area (Å²) in [6, 6.07) is 0.176. The standard InChI is InChI=1S/C13H24ClNOS/c1-13(2,3)11(7-8-14)15-12(16)10-6-4-5-9-17-10/h10-11H,4-9H2,1-3H3,(H,15,16). The highest BCUT2D eigenvalue weighted by atomic mass is 35.5. The van der Waals surface area contributed by atoms with Gasteiger partial charge in [0.05, 0.1) is 5.25 Å². The van der Waals surface area contributed by atoms with Gasteiger partial charge in [-0.2, -0.15) is 0 Å². The van der Waals surface area contributed by atoms with Crippen LogP contribution in [-0.4, -0.2) is 28.8 Å². The van der Waals surface area contributed by atoms with Crippen LogP contribution in [0.4, 0.5) is 0 Å². The summed E-state index contributed by atoms with van der Waals surface area (Å²) in [7, 11) is 0. The van der Waals surface area contributed by atoms with Crippen molar-refractivity contribution in [2.24, 2.45) is 5.41 Å². The maximum atomic E-state index is 12.2. The molecule has 17 heavy (non-hydrogen) atoms. The van der Waals surface area contributed by atoms with E-state index in [2.05, 4.69) is 26.1 Å². The molecule has 1 amide bonds. The molecule has 1 aliphatic heterocycles. The van der Waals surface area contributed by atoms with Crippen molar-refractivity contribution >= 4 is 29.3 Å². The third-order valence-electron chi connectivity index (χ3n) is 3.23. The van der Waals surface area contributed by atoms with Gasteiger partial charge in [-0.1, -0.05) is 27.2 Å². The number of rotatable bonds is 4. The van der Waals surface area contributed by atoms with Crippen molar-refractivity contribution in [3.05, 3.63) is 0 Å². The van der Waals surface area contributed by atoms with Crippen molar-refractivity contribution in [1.82, 2.24) is 5.32 Å². The Hall–Kier alpha value is 0.110. The fourth-order valence-corrected chi connectivity index (χ4v) is 3.47. The minimum atomic E-state index is 0.0733. The summed E-state index contributed by atoms with van der Waals surface area (Å²) in [5.41, 5.74) is 0.0733. The number of thioether (sulfide) groups is 1. The quantitative estimate of drug-likeness (QED) is 0.798. The summed E-state index contributed by atoms with van der Waals surface area (Å²) >= 11 is 7.61. The van der Waals surface area contributed by atoms with Gasteiger partial charge in [-0.05, 0) is 30.4 Å². The van der Waals surface area contributed by atoms with E-state index in [1.54, 1.807) is 11.8 Å². The minimum absolute atomic E-state index is 0.0733.